The van der Waals surface area contributed by atoms with Gasteiger partial charge < -0.3 is 4.74 Å². The molecule has 0 atom stereocenters. The Morgan fingerprint density at radius 2 is 1.17 bits per heavy atom. The van der Waals surface area contributed by atoms with Crippen LogP contribution in [-0.2, 0) is 4.74 Å². The number of carbonyl (C=O) groups excluding carboxylic acids is 2. The maximum Gasteiger partial charge on any atom is 0.346 e. The number of ether oxygens (including phenoxy) is 1. The lowest BCUT2D eigenvalue weighted by Gasteiger charge is -2.29. The largest absolute Gasteiger partial charge is 0.386 e. The van der Waals surface area contributed by atoms with Gasteiger partial charge in [0.25, 0.3) is 0 Å². The number of benzene rings is 2. The molecule has 156 valence electrons. The summed E-state index contributed by atoms with van der Waals surface area (Å²) in [5.41, 5.74) is 5.59. The van der Waals surface area contributed by atoms with E-state index in [9.17, 15) is 9.59 Å². The van der Waals surface area contributed by atoms with Crippen molar-refractivity contribution >= 4 is 11.9 Å². The van der Waals surface area contributed by atoms with Crippen molar-refractivity contribution in [1.82, 2.24) is 0 Å². The van der Waals surface area contributed by atoms with Crippen molar-refractivity contribution in [1.29, 1.82) is 0 Å². The molecule has 0 heterocycles. The van der Waals surface area contributed by atoms with E-state index in [2.05, 4.69) is 55.4 Å². The Labute approximate surface area is 175 Å². The van der Waals surface area contributed by atoms with Crippen molar-refractivity contribution in [2.75, 3.05) is 0 Å². The zero-order valence-corrected chi connectivity index (χ0v) is 19.0. The highest BCUT2D eigenvalue weighted by atomic mass is 16.6. The summed E-state index contributed by atoms with van der Waals surface area (Å²) in [6.07, 6.45) is 0. The zero-order valence-electron chi connectivity index (χ0n) is 19.0. The molecule has 2 aromatic carbocycles. The second kappa shape index (κ2) is 9.39. The van der Waals surface area contributed by atoms with Crippen LogP contribution in [0.3, 0.4) is 0 Å². The van der Waals surface area contributed by atoms with Crippen LogP contribution in [0.1, 0.15) is 122 Å². The second-order valence-electron chi connectivity index (χ2n) is 8.92. The van der Waals surface area contributed by atoms with Crippen LogP contribution in [0.15, 0.2) is 36.4 Å². The monoisotopic (exact) mass is 394 g/mol. The summed E-state index contributed by atoms with van der Waals surface area (Å²) in [5, 5.41) is 0. The molecule has 0 aliphatic rings. The molecule has 0 saturated heterocycles. The summed E-state index contributed by atoms with van der Waals surface area (Å²) in [6.45, 7) is 17.2. The third-order valence-corrected chi connectivity index (χ3v) is 5.25. The van der Waals surface area contributed by atoms with Gasteiger partial charge in [-0.15, -0.1) is 0 Å². The van der Waals surface area contributed by atoms with Gasteiger partial charge in [-0.2, -0.15) is 0 Å². The first-order valence-electron chi connectivity index (χ1n) is 10.6. The third kappa shape index (κ3) is 4.95. The van der Waals surface area contributed by atoms with Crippen LogP contribution in [0.5, 0.6) is 0 Å². The number of hydrogen-bond acceptors (Lipinski definition) is 3. The molecule has 0 aliphatic carbocycles. The maximum absolute atomic E-state index is 13.1. The molecule has 29 heavy (non-hydrogen) atoms. The summed E-state index contributed by atoms with van der Waals surface area (Å²) in [4.78, 5) is 25.6. The minimum absolute atomic E-state index is 0.139. The Bertz CT molecular complexity index is 875. The molecule has 0 amide bonds. The Hall–Kier alpha value is -2.42. The smallest absolute Gasteiger partial charge is 0.346 e. The van der Waals surface area contributed by atoms with Crippen molar-refractivity contribution in [3.05, 3.63) is 69.8 Å². The lowest BCUT2D eigenvalue weighted by atomic mass is 9.76. The predicted octanol–water partition coefficient (Wildman–Crippen LogP) is 7.18. The lowest BCUT2D eigenvalue weighted by Crippen LogP contribution is -2.19. The van der Waals surface area contributed by atoms with Gasteiger partial charge in [-0.3, -0.25) is 0 Å². The fraction of sp³-hybridized carbons (Fsp3) is 0.462. The van der Waals surface area contributed by atoms with Crippen molar-refractivity contribution in [3.8, 4) is 0 Å². The van der Waals surface area contributed by atoms with Crippen LogP contribution >= 0.6 is 0 Å². The highest BCUT2D eigenvalue weighted by molar-refractivity contribution is 6.03. The number of hydrogen-bond donors (Lipinski definition) is 0. The van der Waals surface area contributed by atoms with Crippen LogP contribution in [0.2, 0.25) is 0 Å². The summed E-state index contributed by atoms with van der Waals surface area (Å²) in [7, 11) is 0. The molecule has 2 aromatic rings. The Morgan fingerprint density at radius 1 is 0.655 bits per heavy atom. The van der Waals surface area contributed by atoms with E-state index in [0.717, 1.165) is 11.1 Å². The van der Waals surface area contributed by atoms with Crippen LogP contribution in [-0.4, -0.2) is 11.9 Å². The van der Waals surface area contributed by atoms with Crippen LogP contribution < -0.4 is 0 Å². The summed E-state index contributed by atoms with van der Waals surface area (Å²) < 4.78 is 5.31. The second-order valence-corrected chi connectivity index (χ2v) is 8.92. The first-order chi connectivity index (χ1) is 13.6. The van der Waals surface area contributed by atoms with E-state index in [0.29, 0.717) is 17.0 Å². The summed E-state index contributed by atoms with van der Waals surface area (Å²) in [6, 6.07) is 10.6. The first kappa shape index (κ1) is 22.9. The highest BCUT2D eigenvalue weighted by Crippen LogP contribution is 2.40. The van der Waals surface area contributed by atoms with Crippen LogP contribution in [0.25, 0.3) is 0 Å². The molecule has 0 aromatic heterocycles. The molecule has 0 fully saturated rings. The molecule has 2 rings (SSSR count). The number of carbonyl (C=O) groups is 2. The van der Waals surface area contributed by atoms with Gasteiger partial charge in [0.1, 0.15) is 0 Å². The fourth-order valence-corrected chi connectivity index (χ4v) is 4.06. The molecule has 0 radical (unpaired) electrons. The highest BCUT2D eigenvalue weighted by Gasteiger charge is 2.28. The molecule has 0 bridgehead atoms. The van der Waals surface area contributed by atoms with Gasteiger partial charge >= 0.3 is 11.9 Å². The predicted molar refractivity (Wildman–Crippen MR) is 119 cm³/mol. The van der Waals surface area contributed by atoms with Crippen LogP contribution in [0.4, 0.5) is 0 Å². The van der Waals surface area contributed by atoms with Gasteiger partial charge in [-0.1, -0.05) is 73.6 Å². The molecular formula is C26H34O3. The van der Waals surface area contributed by atoms with Gasteiger partial charge in [0.2, 0.25) is 0 Å². The fourth-order valence-electron chi connectivity index (χ4n) is 4.06. The average Bonchev–Trinajstić information content (AvgIpc) is 2.66. The molecule has 0 aliphatic heterocycles. The number of rotatable bonds is 6. The van der Waals surface area contributed by atoms with Crippen LogP contribution in [0, 0.1) is 0 Å². The van der Waals surface area contributed by atoms with Gasteiger partial charge in [0.05, 0.1) is 11.1 Å². The minimum atomic E-state index is -0.615. The number of esters is 2. The summed E-state index contributed by atoms with van der Waals surface area (Å²) >= 11 is 0. The van der Waals surface area contributed by atoms with Gasteiger partial charge in [-0.05, 0) is 64.1 Å². The van der Waals surface area contributed by atoms with E-state index in [1.165, 1.54) is 11.1 Å². The average molecular weight is 395 g/mol. The first-order valence-corrected chi connectivity index (χ1v) is 10.6. The molecule has 0 saturated carbocycles. The Balaban J connectivity index is 2.66. The van der Waals surface area contributed by atoms with E-state index < -0.39 is 11.9 Å². The van der Waals surface area contributed by atoms with Crippen molar-refractivity contribution < 1.29 is 14.3 Å². The maximum atomic E-state index is 13.1. The third-order valence-electron chi connectivity index (χ3n) is 5.25. The molecule has 0 unspecified atom stereocenters. The summed E-state index contributed by atoms with van der Waals surface area (Å²) in [5.74, 6) is -0.168. The van der Waals surface area contributed by atoms with E-state index in [1.54, 1.807) is 24.3 Å². The van der Waals surface area contributed by atoms with Gasteiger partial charge in [-0.25, -0.2) is 9.59 Å². The Morgan fingerprint density at radius 3 is 1.62 bits per heavy atom. The van der Waals surface area contributed by atoms with Gasteiger partial charge in [0.15, 0.2) is 0 Å². The topological polar surface area (TPSA) is 43.4 Å². The van der Waals surface area contributed by atoms with E-state index >= 15 is 0 Å². The molecule has 3 heteroatoms. The minimum Gasteiger partial charge on any atom is -0.386 e. The van der Waals surface area contributed by atoms with Crippen molar-refractivity contribution in [2.45, 2.75) is 79.1 Å². The van der Waals surface area contributed by atoms with E-state index in [1.807, 2.05) is 12.1 Å². The molecule has 0 spiro atoms. The SMILES string of the molecule is CC(C)c1cc(C(=O)OC(=O)c2ccccc2)c(C(C)C)c(C(C)C)c1C(C)C. The van der Waals surface area contributed by atoms with E-state index in [4.69, 9.17) is 4.74 Å². The Kier molecular flexibility index (Phi) is 7.40. The standard InChI is InChI=1S/C26H34O3/c1-15(2)20-14-21(26(28)29-25(27)19-12-10-9-11-13-19)23(17(5)6)24(18(7)8)22(20)16(3)4/h9-18H,1-8H3. The van der Waals surface area contributed by atoms with E-state index in [-0.39, 0.29) is 17.8 Å². The van der Waals surface area contributed by atoms with Crippen molar-refractivity contribution in [2.24, 2.45) is 0 Å². The molecule has 3 nitrogen and oxygen atoms in total. The molecule has 0 N–H and O–H groups in total. The normalized spacial score (nSPS) is 11.6. The zero-order chi connectivity index (χ0) is 21.9. The van der Waals surface area contributed by atoms with Crippen molar-refractivity contribution in [3.63, 3.8) is 0 Å². The van der Waals surface area contributed by atoms with Gasteiger partial charge in [0, 0.05) is 0 Å². The molecular weight excluding hydrogens is 360 g/mol. The lowest BCUT2D eigenvalue weighted by molar-refractivity contribution is 0.0396. The quantitative estimate of drug-likeness (QED) is 0.385.